The zero-order valence-corrected chi connectivity index (χ0v) is 10.4. The fourth-order valence-corrected chi connectivity index (χ4v) is 2.77. The maximum atomic E-state index is 11.9. The molecular weight excluding hydrogens is 260 g/mol. The van der Waals surface area contributed by atoms with E-state index in [4.69, 9.17) is 15.9 Å². The van der Waals surface area contributed by atoms with Gasteiger partial charge in [0.2, 0.25) is 10.0 Å². The summed E-state index contributed by atoms with van der Waals surface area (Å²) in [6.45, 7) is 1.05. The number of nitrogens with one attached hydrogen (secondary N) is 1. The van der Waals surface area contributed by atoms with Gasteiger partial charge in [0.1, 0.15) is 0 Å². The van der Waals surface area contributed by atoms with Crippen LogP contribution in [-0.2, 0) is 10.0 Å². The standard InChI is InChI=1S/C10H14N2O5S/c1-6(5-13)12-18(16,17)9-4-7(11)2-3-8(9)10(14)15/h2-4,6,12-13H,5,11H2,1H3,(H,14,15). The maximum Gasteiger partial charge on any atom is 0.337 e. The molecule has 1 aromatic carbocycles. The Kier molecular flexibility index (Phi) is 4.28. The molecule has 0 spiro atoms. The summed E-state index contributed by atoms with van der Waals surface area (Å²) in [6.07, 6.45) is 0. The van der Waals surface area contributed by atoms with E-state index in [-0.39, 0.29) is 11.3 Å². The maximum absolute atomic E-state index is 11.9. The molecule has 0 aliphatic carbocycles. The molecule has 0 amide bonds. The van der Waals surface area contributed by atoms with Crippen molar-refractivity contribution >= 4 is 21.7 Å². The lowest BCUT2D eigenvalue weighted by Gasteiger charge is -2.13. The average molecular weight is 274 g/mol. The summed E-state index contributed by atoms with van der Waals surface area (Å²) in [5.74, 6) is -1.37. The lowest BCUT2D eigenvalue weighted by Crippen LogP contribution is -2.35. The molecule has 0 aromatic heterocycles. The van der Waals surface area contributed by atoms with Crippen molar-refractivity contribution in [2.24, 2.45) is 0 Å². The molecule has 0 radical (unpaired) electrons. The smallest absolute Gasteiger partial charge is 0.337 e. The van der Waals surface area contributed by atoms with E-state index in [0.717, 1.165) is 12.1 Å². The Morgan fingerprint density at radius 2 is 2.11 bits per heavy atom. The molecule has 0 heterocycles. The van der Waals surface area contributed by atoms with E-state index in [9.17, 15) is 13.2 Å². The first-order valence-corrected chi connectivity index (χ1v) is 6.52. The summed E-state index contributed by atoms with van der Waals surface area (Å²) in [7, 11) is -4.04. The summed E-state index contributed by atoms with van der Waals surface area (Å²) < 4.78 is 26.0. The first kappa shape index (κ1) is 14.4. The number of aromatic carboxylic acids is 1. The molecule has 8 heteroatoms. The van der Waals surface area contributed by atoms with E-state index in [1.165, 1.54) is 13.0 Å². The Morgan fingerprint density at radius 3 is 2.61 bits per heavy atom. The number of aliphatic hydroxyl groups excluding tert-OH is 1. The predicted molar refractivity (Wildman–Crippen MR) is 64.7 cm³/mol. The Balaban J connectivity index is 3.30. The highest BCUT2D eigenvalue weighted by molar-refractivity contribution is 7.89. The van der Waals surface area contributed by atoms with Gasteiger partial charge in [-0.25, -0.2) is 17.9 Å². The third-order valence-electron chi connectivity index (χ3n) is 2.16. The van der Waals surface area contributed by atoms with Crippen molar-refractivity contribution in [3.05, 3.63) is 23.8 Å². The van der Waals surface area contributed by atoms with Crippen molar-refractivity contribution in [1.82, 2.24) is 4.72 Å². The van der Waals surface area contributed by atoms with Gasteiger partial charge in [-0.05, 0) is 25.1 Å². The van der Waals surface area contributed by atoms with Crippen LogP contribution in [0.3, 0.4) is 0 Å². The molecule has 18 heavy (non-hydrogen) atoms. The lowest BCUT2D eigenvalue weighted by molar-refractivity contribution is 0.0692. The minimum atomic E-state index is -4.04. The van der Waals surface area contributed by atoms with Gasteiger partial charge < -0.3 is 15.9 Å². The molecule has 1 rings (SSSR count). The molecule has 100 valence electrons. The number of carbonyl (C=O) groups is 1. The van der Waals surface area contributed by atoms with Crippen molar-refractivity contribution in [2.45, 2.75) is 17.9 Å². The molecule has 1 aromatic rings. The first-order valence-electron chi connectivity index (χ1n) is 5.04. The van der Waals surface area contributed by atoms with Crippen LogP contribution in [0.5, 0.6) is 0 Å². The molecule has 0 saturated heterocycles. The Labute approximate surface area is 104 Å². The molecule has 0 aliphatic heterocycles. The van der Waals surface area contributed by atoms with Crippen LogP contribution in [0.25, 0.3) is 0 Å². The minimum Gasteiger partial charge on any atom is -0.478 e. The van der Waals surface area contributed by atoms with Gasteiger partial charge in [0.05, 0.1) is 17.1 Å². The molecule has 0 aliphatic rings. The fourth-order valence-electron chi connectivity index (χ4n) is 1.30. The van der Waals surface area contributed by atoms with Gasteiger partial charge in [-0.2, -0.15) is 0 Å². The van der Waals surface area contributed by atoms with Gasteiger partial charge in [-0.1, -0.05) is 0 Å². The van der Waals surface area contributed by atoms with E-state index in [2.05, 4.69) is 4.72 Å². The lowest BCUT2D eigenvalue weighted by atomic mass is 10.2. The molecule has 0 bridgehead atoms. The van der Waals surface area contributed by atoms with Crippen molar-refractivity contribution in [3.63, 3.8) is 0 Å². The normalized spacial score (nSPS) is 13.2. The van der Waals surface area contributed by atoms with Crippen LogP contribution in [0.1, 0.15) is 17.3 Å². The number of hydrogen-bond donors (Lipinski definition) is 4. The van der Waals surface area contributed by atoms with Gasteiger partial charge in [-0.15, -0.1) is 0 Å². The van der Waals surface area contributed by atoms with Crippen molar-refractivity contribution < 1.29 is 23.4 Å². The van der Waals surface area contributed by atoms with Gasteiger partial charge in [-0.3, -0.25) is 0 Å². The molecular formula is C10H14N2O5S. The van der Waals surface area contributed by atoms with Gasteiger partial charge in [0.25, 0.3) is 0 Å². The average Bonchev–Trinajstić information content (AvgIpc) is 2.27. The Morgan fingerprint density at radius 1 is 1.50 bits per heavy atom. The third kappa shape index (κ3) is 3.19. The first-order chi connectivity index (χ1) is 8.27. The number of benzene rings is 1. The van der Waals surface area contributed by atoms with Crippen molar-refractivity contribution in [1.29, 1.82) is 0 Å². The summed E-state index contributed by atoms with van der Waals surface area (Å²) in [5, 5.41) is 17.7. The monoisotopic (exact) mass is 274 g/mol. The fraction of sp³-hybridized carbons (Fsp3) is 0.300. The number of carboxylic acid groups (broad SMARTS) is 1. The van der Waals surface area contributed by atoms with E-state index in [0.29, 0.717) is 0 Å². The molecule has 0 saturated carbocycles. The SMILES string of the molecule is CC(CO)NS(=O)(=O)c1cc(N)ccc1C(=O)O. The van der Waals surface area contributed by atoms with Crippen molar-refractivity contribution in [2.75, 3.05) is 12.3 Å². The topological polar surface area (TPSA) is 130 Å². The van der Waals surface area contributed by atoms with E-state index in [1.54, 1.807) is 0 Å². The van der Waals surface area contributed by atoms with Crippen LogP contribution in [0, 0.1) is 0 Å². The number of rotatable bonds is 5. The number of aliphatic hydroxyl groups is 1. The summed E-state index contributed by atoms with van der Waals surface area (Å²) in [6, 6.07) is 2.77. The number of hydrogen-bond acceptors (Lipinski definition) is 5. The second kappa shape index (κ2) is 5.34. The second-order valence-corrected chi connectivity index (χ2v) is 5.45. The zero-order chi connectivity index (χ0) is 13.9. The molecule has 1 unspecified atom stereocenters. The largest absolute Gasteiger partial charge is 0.478 e. The summed E-state index contributed by atoms with van der Waals surface area (Å²) >= 11 is 0. The van der Waals surface area contributed by atoms with Crippen LogP contribution in [0.2, 0.25) is 0 Å². The highest BCUT2D eigenvalue weighted by Gasteiger charge is 2.23. The highest BCUT2D eigenvalue weighted by atomic mass is 32.2. The number of nitrogens with two attached hydrogens (primary N) is 1. The second-order valence-electron chi connectivity index (χ2n) is 3.77. The van der Waals surface area contributed by atoms with Crippen LogP contribution >= 0.6 is 0 Å². The third-order valence-corrected chi connectivity index (χ3v) is 3.79. The Hall–Kier alpha value is -1.64. The predicted octanol–water partition coefficient (Wildman–Crippen LogP) is -0.374. The van der Waals surface area contributed by atoms with Gasteiger partial charge in [0.15, 0.2) is 0 Å². The number of carboxylic acids is 1. The van der Waals surface area contributed by atoms with Crippen molar-refractivity contribution in [3.8, 4) is 0 Å². The van der Waals surface area contributed by atoms with E-state index < -0.39 is 33.5 Å². The molecule has 7 nitrogen and oxygen atoms in total. The highest BCUT2D eigenvalue weighted by Crippen LogP contribution is 2.19. The number of anilines is 1. The van der Waals surface area contributed by atoms with Crippen LogP contribution < -0.4 is 10.5 Å². The molecule has 1 atom stereocenters. The van der Waals surface area contributed by atoms with Crippen LogP contribution in [-0.4, -0.2) is 37.2 Å². The van der Waals surface area contributed by atoms with Crippen LogP contribution in [0.4, 0.5) is 5.69 Å². The quantitative estimate of drug-likeness (QED) is 0.542. The molecule has 5 N–H and O–H groups in total. The van der Waals surface area contributed by atoms with E-state index in [1.807, 2.05) is 0 Å². The minimum absolute atomic E-state index is 0.136. The van der Waals surface area contributed by atoms with E-state index >= 15 is 0 Å². The Bertz CT molecular complexity index is 555. The number of nitrogen functional groups attached to an aromatic ring is 1. The van der Waals surface area contributed by atoms with Gasteiger partial charge in [0, 0.05) is 11.7 Å². The summed E-state index contributed by atoms with van der Waals surface area (Å²) in [4.78, 5) is 10.5. The van der Waals surface area contributed by atoms with Crippen LogP contribution in [0.15, 0.2) is 23.1 Å². The van der Waals surface area contributed by atoms with Gasteiger partial charge >= 0.3 is 5.97 Å². The summed E-state index contributed by atoms with van der Waals surface area (Å²) in [5.41, 5.74) is 5.22. The number of sulfonamides is 1. The molecule has 0 fully saturated rings. The zero-order valence-electron chi connectivity index (χ0n) is 9.62.